The SMILES string of the molecule is COCC(=O)N(C)Cc1ccccc1N1CCCC1. The molecule has 1 aliphatic rings. The smallest absolute Gasteiger partial charge is 0.248 e. The van der Waals surface area contributed by atoms with Gasteiger partial charge in [-0.2, -0.15) is 0 Å². The van der Waals surface area contributed by atoms with Gasteiger partial charge in [-0.15, -0.1) is 0 Å². The molecule has 2 rings (SSSR count). The van der Waals surface area contributed by atoms with Crippen molar-refractivity contribution in [2.75, 3.05) is 38.8 Å². The van der Waals surface area contributed by atoms with Crippen LogP contribution in [0.2, 0.25) is 0 Å². The van der Waals surface area contributed by atoms with Gasteiger partial charge in [0.25, 0.3) is 0 Å². The minimum Gasteiger partial charge on any atom is -0.375 e. The van der Waals surface area contributed by atoms with Crippen LogP contribution in [0.1, 0.15) is 18.4 Å². The van der Waals surface area contributed by atoms with E-state index < -0.39 is 0 Å². The normalized spacial score (nSPS) is 14.7. The largest absolute Gasteiger partial charge is 0.375 e. The van der Waals surface area contributed by atoms with Gasteiger partial charge in [-0.1, -0.05) is 18.2 Å². The van der Waals surface area contributed by atoms with Gasteiger partial charge < -0.3 is 14.5 Å². The number of rotatable bonds is 5. The van der Waals surface area contributed by atoms with Crippen LogP contribution in [-0.2, 0) is 16.1 Å². The standard InChI is InChI=1S/C15H22N2O2/c1-16(15(18)12-19-2)11-13-7-3-4-8-14(13)17-9-5-6-10-17/h3-4,7-8H,5-6,9-12H2,1-2H3. The molecular formula is C15H22N2O2. The summed E-state index contributed by atoms with van der Waals surface area (Å²) in [5, 5.41) is 0. The lowest BCUT2D eigenvalue weighted by molar-refractivity contribution is -0.134. The fraction of sp³-hybridized carbons (Fsp3) is 0.533. The summed E-state index contributed by atoms with van der Waals surface area (Å²) in [5.41, 5.74) is 2.47. The van der Waals surface area contributed by atoms with E-state index in [0.29, 0.717) is 6.54 Å². The first-order chi connectivity index (χ1) is 9.22. The van der Waals surface area contributed by atoms with E-state index in [1.54, 1.807) is 12.0 Å². The van der Waals surface area contributed by atoms with Crippen LogP contribution in [0.25, 0.3) is 0 Å². The lowest BCUT2D eigenvalue weighted by Crippen LogP contribution is -2.30. The second-order valence-electron chi connectivity index (χ2n) is 5.01. The third kappa shape index (κ3) is 3.47. The molecule has 0 spiro atoms. The van der Waals surface area contributed by atoms with Crippen molar-refractivity contribution in [3.8, 4) is 0 Å². The number of hydrogen-bond donors (Lipinski definition) is 0. The predicted octanol–water partition coefficient (Wildman–Crippen LogP) is 1.89. The van der Waals surface area contributed by atoms with Crippen molar-refractivity contribution in [2.24, 2.45) is 0 Å². The molecule has 1 aromatic rings. The molecule has 0 bridgehead atoms. The molecule has 4 heteroatoms. The average Bonchev–Trinajstić information content (AvgIpc) is 2.93. The molecule has 0 unspecified atom stereocenters. The number of likely N-dealkylation sites (N-methyl/N-ethyl adjacent to an activating group) is 1. The van der Waals surface area contributed by atoms with E-state index in [9.17, 15) is 4.79 Å². The zero-order chi connectivity index (χ0) is 13.7. The molecule has 0 N–H and O–H groups in total. The monoisotopic (exact) mass is 262 g/mol. The molecule has 1 fully saturated rings. The van der Waals surface area contributed by atoms with Gasteiger partial charge in [0, 0.05) is 39.5 Å². The van der Waals surface area contributed by atoms with Crippen molar-refractivity contribution in [3.63, 3.8) is 0 Å². The van der Waals surface area contributed by atoms with Gasteiger partial charge in [0.05, 0.1) is 0 Å². The number of carbonyl (C=O) groups excluding carboxylic acids is 1. The minimum absolute atomic E-state index is 0.0127. The Bertz CT molecular complexity index is 428. The first-order valence-electron chi connectivity index (χ1n) is 6.78. The molecule has 0 aliphatic carbocycles. The van der Waals surface area contributed by atoms with Crippen LogP contribution >= 0.6 is 0 Å². The molecule has 0 atom stereocenters. The Morgan fingerprint density at radius 1 is 1.32 bits per heavy atom. The van der Waals surface area contributed by atoms with Crippen molar-refractivity contribution in [3.05, 3.63) is 29.8 Å². The minimum atomic E-state index is 0.0127. The zero-order valence-corrected chi connectivity index (χ0v) is 11.8. The van der Waals surface area contributed by atoms with Crippen LogP contribution in [0.15, 0.2) is 24.3 Å². The summed E-state index contributed by atoms with van der Waals surface area (Å²) in [4.78, 5) is 15.9. The molecule has 0 saturated carbocycles. The summed E-state index contributed by atoms with van der Waals surface area (Å²) in [6, 6.07) is 8.34. The Balaban J connectivity index is 2.09. The summed E-state index contributed by atoms with van der Waals surface area (Å²) in [7, 11) is 3.37. The Labute approximate surface area is 115 Å². The average molecular weight is 262 g/mol. The Morgan fingerprint density at radius 3 is 2.68 bits per heavy atom. The van der Waals surface area contributed by atoms with Crippen molar-refractivity contribution < 1.29 is 9.53 Å². The third-order valence-electron chi connectivity index (χ3n) is 3.54. The molecule has 104 valence electrons. The lowest BCUT2D eigenvalue weighted by atomic mass is 10.1. The van der Waals surface area contributed by atoms with Crippen molar-refractivity contribution in [1.29, 1.82) is 0 Å². The molecule has 1 saturated heterocycles. The highest BCUT2D eigenvalue weighted by molar-refractivity contribution is 5.77. The first-order valence-corrected chi connectivity index (χ1v) is 6.78. The van der Waals surface area contributed by atoms with Crippen LogP contribution in [0.4, 0.5) is 5.69 Å². The van der Waals surface area contributed by atoms with Gasteiger partial charge in [-0.3, -0.25) is 4.79 Å². The molecule has 0 radical (unpaired) electrons. The number of anilines is 1. The molecule has 1 aliphatic heterocycles. The number of para-hydroxylation sites is 1. The Kier molecular flexibility index (Phi) is 4.80. The predicted molar refractivity (Wildman–Crippen MR) is 76.2 cm³/mol. The van der Waals surface area contributed by atoms with Crippen LogP contribution < -0.4 is 4.90 Å². The maximum atomic E-state index is 11.8. The van der Waals surface area contributed by atoms with Gasteiger partial charge in [0.1, 0.15) is 6.61 Å². The van der Waals surface area contributed by atoms with Crippen LogP contribution in [0.5, 0.6) is 0 Å². The lowest BCUT2D eigenvalue weighted by Gasteiger charge is -2.24. The Morgan fingerprint density at radius 2 is 2.00 bits per heavy atom. The number of ether oxygens (including phenoxy) is 1. The number of hydrogen-bond acceptors (Lipinski definition) is 3. The molecule has 0 aromatic heterocycles. The van der Waals surface area contributed by atoms with Gasteiger partial charge in [0.15, 0.2) is 0 Å². The van der Waals surface area contributed by atoms with Crippen molar-refractivity contribution in [2.45, 2.75) is 19.4 Å². The first kappa shape index (κ1) is 13.9. The number of nitrogens with zero attached hydrogens (tertiary/aromatic N) is 2. The summed E-state index contributed by atoms with van der Waals surface area (Å²) < 4.78 is 4.89. The molecule has 19 heavy (non-hydrogen) atoms. The maximum Gasteiger partial charge on any atom is 0.248 e. The highest BCUT2D eigenvalue weighted by Crippen LogP contribution is 2.25. The van der Waals surface area contributed by atoms with Crippen LogP contribution in [0.3, 0.4) is 0 Å². The molecule has 4 nitrogen and oxygen atoms in total. The summed E-state index contributed by atoms with van der Waals surface area (Å²) >= 11 is 0. The summed E-state index contributed by atoms with van der Waals surface area (Å²) in [6.45, 7) is 3.01. The van der Waals surface area contributed by atoms with Gasteiger partial charge in [-0.25, -0.2) is 0 Å². The fourth-order valence-electron chi connectivity index (χ4n) is 2.49. The van der Waals surface area contributed by atoms with Gasteiger partial charge in [-0.05, 0) is 24.5 Å². The van der Waals surface area contributed by atoms with Crippen molar-refractivity contribution >= 4 is 11.6 Å². The third-order valence-corrected chi connectivity index (χ3v) is 3.54. The molecule has 1 amide bonds. The van der Waals surface area contributed by atoms with E-state index in [0.717, 1.165) is 13.1 Å². The topological polar surface area (TPSA) is 32.8 Å². The van der Waals surface area contributed by atoms with E-state index in [1.807, 2.05) is 13.1 Å². The number of methoxy groups -OCH3 is 1. The van der Waals surface area contributed by atoms with E-state index >= 15 is 0 Å². The van der Waals surface area contributed by atoms with E-state index in [-0.39, 0.29) is 12.5 Å². The highest BCUT2D eigenvalue weighted by atomic mass is 16.5. The van der Waals surface area contributed by atoms with Crippen molar-refractivity contribution in [1.82, 2.24) is 4.90 Å². The van der Waals surface area contributed by atoms with Crippen LogP contribution in [-0.4, -0.2) is 44.7 Å². The van der Waals surface area contributed by atoms with E-state index in [4.69, 9.17) is 4.74 Å². The number of benzene rings is 1. The van der Waals surface area contributed by atoms with E-state index in [1.165, 1.54) is 24.1 Å². The highest BCUT2D eigenvalue weighted by Gasteiger charge is 2.17. The van der Waals surface area contributed by atoms with Gasteiger partial charge >= 0.3 is 0 Å². The Hall–Kier alpha value is -1.55. The maximum absolute atomic E-state index is 11.8. The van der Waals surface area contributed by atoms with E-state index in [2.05, 4.69) is 23.1 Å². The zero-order valence-electron chi connectivity index (χ0n) is 11.8. The summed E-state index contributed by atoms with van der Waals surface area (Å²) in [6.07, 6.45) is 2.51. The second-order valence-corrected chi connectivity index (χ2v) is 5.01. The number of amides is 1. The fourth-order valence-corrected chi connectivity index (χ4v) is 2.49. The molecular weight excluding hydrogens is 240 g/mol. The quantitative estimate of drug-likeness (QED) is 0.812. The van der Waals surface area contributed by atoms with Gasteiger partial charge in [0.2, 0.25) is 5.91 Å². The molecule has 1 heterocycles. The van der Waals surface area contributed by atoms with Crippen LogP contribution in [0, 0.1) is 0 Å². The summed E-state index contributed by atoms with van der Waals surface area (Å²) in [5.74, 6) is 0.0127. The molecule has 1 aromatic carbocycles. The number of carbonyl (C=O) groups is 1. The second kappa shape index (κ2) is 6.57.